The van der Waals surface area contributed by atoms with E-state index in [-0.39, 0.29) is 21.8 Å². The lowest BCUT2D eigenvalue weighted by atomic mass is 10.1. The zero-order valence-corrected chi connectivity index (χ0v) is 13.1. The molecule has 2 aromatic rings. The standard InChI is InChI=1S/C15H14Cl3NO/c1-9(6-10-2-4-11(16)5-3-10)19-12-7-13(17)15(20)14(18)8-12/h2-5,7-9,19-20H,6H2,1H3. The van der Waals surface area contributed by atoms with E-state index < -0.39 is 0 Å². The van der Waals surface area contributed by atoms with Crippen LogP contribution < -0.4 is 5.32 Å². The summed E-state index contributed by atoms with van der Waals surface area (Å²) in [6, 6.07) is 11.2. The molecule has 2 N–H and O–H groups in total. The van der Waals surface area contributed by atoms with Crippen molar-refractivity contribution < 1.29 is 5.11 Å². The van der Waals surface area contributed by atoms with Gasteiger partial charge in [-0.05, 0) is 43.2 Å². The summed E-state index contributed by atoms with van der Waals surface area (Å²) in [7, 11) is 0. The zero-order valence-electron chi connectivity index (χ0n) is 10.8. The van der Waals surface area contributed by atoms with Crippen LogP contribution in [0.15, 0.2) is 36.4 Å². The van der Waals surface area contributed by atoms with Gasteiger partial charge in [-0.15, -0.1) is 0 Å². The smallest absolute Gasteiger partial charge is 0.152 e. The van der Waals surface area contributed by atoms with E-state index in [1.165, 1.54) is 5.56 Å². The average molecular weight is 331 g/mol. The minimum Gasteiger partial charge on any atom is -0.505 e. The maximum absolute atomic E-state index is 9.52. The van der Waals surface area contributed by atoms with E-state index in [1.54, 1.807) is 12.1 Å². The van der Waals surface area contributed by atoms with Gasteiger partial charge in [-0.2, -0.15) is 0 Å². The van der Waals surface area contributed by atoms with E-state index in [9.17, 15) is 5.11 Å². The first-order valence-corrected chi connectivity index (χ1v) is 7.28. The van der Waals surface area contributed by atoms with Crippen LogP contribution in [-0.4, -0.2) is 11.1 Å². The quantitative estimate of drug-likeness (QED) is 0.736. The molecule has 0 aliphatic carbocycles. The molecule has 0 radical (unpaired) electrons. The Morgan fingerprint density at radius 1 is 1.05 bits per heavy atom. The number of phenolic OH excluding ortho intramolecular Hbond substituents is 1. The Morgan fingerprint density at radius 3 is 2.15 bits per heavy atom. The number of nitrogens with one attached hydrogen (secondary N) is 1. The van der Waals surface area contributed by atoms with Gasteiger partial charge in [0.25, 0.3) is 0 Å². The Morgan fingerprint density at radius 2 is 1.60 bits per heavy atom. The summed E-state index contributed by atoms with van der Waals surface area (Å²) >= 11 is 17.6. The lowest BCUT2D eigenvalue weighted by Crippen LogP contribution is -2.18. The highest BCUT2D eigenvalue weighted by molar-refractivity contribution is 6.37. The van der Waals surface area contributed by atoms with Crippen molar-refractivity contribution in [2.45, 2.75) is 19.4 Å². The van der Waals surface area contributed by atoms with Crippen molar-refractivity contribution >= 4 is 40.5 Å². The molecule has 0 spiro atoms. The van der Waals surface area contributed by atoms with E-state index in [4.69, 9.17) is 34.8 Å². The number of aromatic hydroxyl groups is 1. The minimum absolute atomic E-state index is 0.0933. The molecule has 0 saturated heterocycles. The van der Waals surface area contributed by atoms with Gasteiger partial charge < -0.3 is 10.4 Å². The first kappa shape index (κ1) is 15.3. The van der Waals surface area contributed by atoms with Crippen LogP contribution in [0.3, 0.4) is 0 Å². The predicted molar refractivity (Wildman–Crippen MR) is 86.4 cm³/mol. The maximum atomic E-state index is 9.52. The number of phenols is 1. The van der Waals surface area contributed by atoms with Crippen molar-refractivity contribution in [3.8, 4) is 5.75 Å². The molecule has 0 heterocycles. The molecule has 5 heteroatoms. The van der Waals surface area contributed by atoms with Gasteiger partial charge in [-0.1, -0.05) is 46.9 Å². The average Bonchev–Trinajstić information content (AvgIpc) is 2.38. The molecular formula is C15H14Cl3NO. The Labute approximate surface area is 133 Å². The van der Waals surface area contributed by atoms with Gasteiger partial charge in [-0.3, -0.25) is 0 Å². The second-order valence-electron chi connectivity index (χ2n) is 4.66. The van der Waals surface area contributed by atoms with Crippen LogP contribution in [0.2, 0.25) is 15.1 Å². The van der Waals surface area contributed by atoms with E-state index in [0.717, 1.165) is 17.1 Å². The topological polar surface area (TPSA) is 32.3 Å². The number of hydrogen-bond donors (Lipinski definition) is 2. The highest BCUT2D eigenvalue weighted by atomic mass is 35.5. The third-order valence-electron chi connectivity index (χ3n) is 2.89. The second-order valence-corrected chi connectivity index (χ2v) is 5.92. The fourth-order valence-corrected chi connectivity index (χ4v) is 2.57. The van der Waals surface area contributed by atoms with E-state index >= 15 is 0 Å². The number of benzene rings is 2. The van der Waals surface area contributed by atoms with Gasteiger partial charge >= 0.3 is 0 Å². The van der Waals surface area contributed by atoms with Crippen molar-refractivity contribution in [2.24, 2.45) is 0 Å². The summed E-state index contributed by atoms with van der Waals surface area (Å²) in [5.41, 5.74) is 1.96. The predicted octanol–water partition coefficient (Wildman–Crippen LogP) is 5.40. The van der Waals surface area contributed by atoms with Crippen LogP contribution in [0.5, 0.6) is 5.75 Å². The highest BCUT2D eigenvalue weighted by Gasteiger charge is 2.09. The molecule has 20 heavy (non-hydrogen) atoms. The lowest BCUT2D eigenvalue weighted by molar-refractivity contribution is 0.476. The molecule has 2 aromatic carbocycles. The Bertz CT molecular complexity index is 576. The lowest BCUT2D eigenvalue weighted by Gasteiger charge is -2.16. The SMILES string of the molecule is CC(Cc1ccc(Cl)cc1)Nc1cc(Cl)c(O)c(Cl)c1. The maximum Gasteiger partial charge on any atom is 0.152 e. The normalized spacial score (nSPS) is 12.2. The van der Waals surface area contributed by atoms with Crippen LogP contribution >= 0.6 is 34.8 Å². The van der Waals surface area contributed by atoms with Gasteiger partial charge in [0.2, 0.25) is 0 Å². The monoisotopic (exact) mass is 329 g/mol. The van der Waals surface area contributed by atoms with Gasteiger partial charge in [0, 0.05) is 16.8 Å². The third-order valence-corrected chi connectivity index (χ3v) is 3.71. The second kappa shape index (κ2) is 6.57. The van der Waals surface area contributed by atoms with Crippen LogP contribution in [0.1, 0.15) is 12.5 Å². The molecule has 0 saturated carbocycles. The van der Waals surface area contributed by atoms with E-state index in [2.05, 4.69) is 12.2 Å². The number of rotatable bonds is 4. The van der Waals surface area contributed by atoms with Gasteiger partial charge in [0.1, 0.15) is 0 Å². The molecule has 0 fully saturated rings. The van der Waals surface area contributed by atoms with Crippen molar-refractivity contribution in [2.75, 3.05) is 5.32 Å². The number of anilines is 1. The molecule has 2 nitrogen and oxygen atoms in total. The first-order chi connectivity index (χ1) is 9.45. The summed E-state index contributed by atoms with van der Waals surface area (Å²) in [5, 5.41) is 14.0. The largest absolute Gasteiger partial charge is 0.505 e. The van der Waals surface area contributed by atoms with Crippen LogP contribution in [0.25, 0.3) is 0 Å². The van der Waals surface area contributed by atoms with E-state index in [0.29, 0.717) is 0 Å². The summed E-state index contributed by atoms with van der Waals surface area (Å²) in [5.74, 6) is -0.0933. The molecule has 0 aliphatic heterocycles. The fourth-order valence-electron chi connectivity index (χ4n) is 1.96. The van der Waals surface area contributed by atoms with Crippen molar-refractivity contribution in [3.05, 3.63) is 57.0 Å². The van der Waals surface area contributed by atoms with Gasteiger partial charge in [0.15, 0.2) is 5.75 Å². The Hall–Kier alpha value is -1.09. The van der Waals surface area contributed by atoms with Crippen LogP contribution in [-0.2, 0) is 6.42 Å². The molecule has 0 bridgehead atoms. The van der Waals surface area contributed by atoms with Gasteiger partial charge in [0.05, 0.1) is 10.0 Å². The van der Waals surface area contributed by atoms with Crippen molar-refractivity contribution in [1.29, 1.82) is 0 Å². The molecule has 106 valence electrons. The summed E-state index contributed by atoms with van der Waals surface area (Å²) in [6.45, 7) is 2.06. The summed E-state index contributed by atoms with van der Waals surface area (Å²) < 4.78 is 0. The summed E-state index contributed by atoms with van der Waals surface area (Å²) in [6.07, 6.45) is 0.841. The van der Waals surface area contributed by atoms with Crippen molar-refractivity contribution in [1.82, 2.24) is 0 Å². The molecule has 1 unspecified atom stereocenters. The Kier molecular flexibility index (Phi) is 5.03. The molecular weight excluding hydrogens is 317 g/mol. The highest BCUT2D eigenvalue weighted by Crippen LogP contribution is 2.34. The van der Waals surface area contributed by atoms with Crippen LogP contribution in [0.4, 0.5) is 5.69 Å². The van der Waals surface area contributed by atoms with Gasteiger partial charge in [-0.25, -0.2) is 0 Å². The molecule has 0 aliphatic rings. The molecule has 1 atom stereocenters. The first-order valence-electron chi connectivity index (χ1n) is 6.14. The fraction of sp³-hybridized carbons (Fsp3) is 0.200. The number of halogens is 3. The molecule has 0 amide bonds. The molecule has 2 rings (SSSR count). The van der Waals surface area contributed by atoms with Crippen molar-refractivity contribution in [3.63, 3.8) is 0 Å². The van der Waals surface area contributed by atoms with E-state index in [1.807, 2.05) is 24.3 Å². The number of hydrogen-bond acceptors (Lipinski definition) is 2. The zero-order chi connectivity index (χ0) is 14.7. The third kappa shape index (κ3) is 3.95. The minimum atomic E-state index is -0.0933. The van der Waals surface area contributed by atoms with Crippen LogP contribution in [0, 0.1) is 0 Å². The molecule has 0 aromatic heterocycles. The Balaban J connectivity index is 2.04. The summed E-state index contributed by atoms with van der Waals surface area (Å²) in [4.78, 5) is 0.